The summed E-state index contributed by atoms with van der Waals surface area (Å²) in [7, 11) is 0. The first kappa shape index (κ1) is 50.5. The monoisotopic (exact) mass is 989 g/mol. The summed E-state index contributed by atoms with van der Waals surface area (Å²) < 4.78 is 10.9. The molecular weight excluding hydrogens is 935 g/mol. The van der Waals surface area contributed by atoms with Crippen molar-refractivity contribution in [2.24, 2.45) is 0 Å². The lowest BCUT2D eigenvalue weighted by atomic mass is 9.84. The van der Waals surface area contributed by atoms with Gasteiger partial charge in [-0.1, -0.05) is 243 Å². The zero-order valence-corrected chi connectivity index (χ0v) is 41.1. The molecule has 8 aromatic rings. The highest BCUT2D eigenvalue weighted by molar-refractivity contribution is 8.00. The standard InChI is InChI=1S/C61H55N3O6S2/c65-55(70-56(46-27-11-2-12-28-46)47-29-13-3-14-30-47)41-62-58(66)53(43-71-57(48-31-15-4-16-32-48)49-33-17-5-18-34-49)63-59(67)54(64-60(68)69-42-45-25-9-1-10-26-45)44-72-61(50-35-19-6-20-36-50,51-37-21-7-22-38-51)52-39-23-8-24-40-52/h1-40,53-54,56-57H,41-44H2,(H,62,66)(H,63,67)(H,64,68)/t53-,54+/m0/s1. The minimum Gasteiger partial charge on any atom is -0.451 e. The van der Waals surface area contributed by atoms with Gasteiger partial charge in [0.25, 0.3) is 0 Å². The highest BCUT2D eigenvalue weighted by Gasteiger charge is 2.39. The topological polar surface area (TPSA) is 123 Å². The van der Waals surface area contributed by atoms with E-state index in [0.29, 0.717) is 0 Å². The Balaban J connectivity index is 1.10. The van der Waals surface area contributed by atoms with Crippen molar-refractivity contribution >= 4 is 47.4 Å². The number of ether oxygens (including phenoxy) is 2. The van der Waals surface area contributed by atoms with E-state index in [1.54, 1.807) is 0 Å². The van der Waals surface area contributed by atoms with Crippen LogP contribution in [0, 0.1) is 0 Å². The third-order valence-electron chi connectivity index (χ3n) is 12.0. The van der Waals surface area contributed by atoms with Crippen molar-refractivity contribution in [1.29, 1.82) is 0 Å². The molecule has 0 aliphatic heterocycles. The number of hydrogen-bond acceptors (Lipinski definition) is 8. The fourth-order valence-corrected chi connectivity index (χ4v) is 11.3. The summed E-state index contributed by atoms with van der Waals surface area (Å²) in [6, 6.07) is 75.7. The molecule has 0 spiro atoms. The first-order valence-corrected chi connectivity index (χ1v) is 25.8. The second-order valence-corrected chi connectivity index (χ2v) is 19.2. The number of esters is 1. The molecular formula is C61H55N3O6S2. The lowest BCUT2D eigenvalue weighted by molar-refractivity contribution is -0.147. The van der Waals surface area contributed by atoms with Crippen molar-refractivity contribution in [2.45, 2.75) is 34.8 Å². The van der Waals surface area contributed by atoms with Gasteiger partial charge in [0, 0.05) is 11.5 Å². The van der Waals surface area contributed by atoms with Gasteiger partial charge in [-0.05, 0) is 44.5 Å². The molecule has 2 atom stereocenters. The highest BCUT2D eigenvalue weighted by atomic mass is 32.2. The van der Waals surface area contributed by atoms with E-state index in [4.69, 9.17) is 9.47 Å². The number of benzene rings is 8. The van der Waals surface area contributed by atoms with Gasteiger partial charge in [-0.2, -0.15) is 0 Å². The van der Waals surface area contributed by atoms with E-state index in [1.165, 1.54) is 23.5 Å². The smallest absolute Gasteiger partial charge is 0.408 e. The molecule has 0 aliphatic rings. The summed E-state index contributed by atoms with van der Waals surface area (Å²) in [5.41, 5.74) is 7.23. The summed E-state index contributed by atoms with van der Waals surface area (Å²) in [6.07, 6.45) is -1.52. The van der Waals surface area contributed by atoms with Crippen LogP contribution >= 0.6 is 23.5 Å². The van der Waals surface area contributed by atoms with E-state index >= 15 is 4.79 Å². The Morgan fingerprint density at radius 3 is 1.28 bits per heavy atom. The fourth-order valence-electron chi connectivity index (χ4n) is 8.39. The van der Waals surface area contributed by atoms with Gasteiger partial charge in [0.1, 0.15) is 25.2 Å². The zero-order chi connectivity index (χ0) is 49.8. The van der Waals surface area contributed by atoms with Gasteiger partial charge in [0.2, 0.25) is 11.8 Å². The van der Waals surface area contributed by atoms with Crippen LogP contribution in [0.25, 0.3) is 0 Å². The molecule has 0 heterocycles. The average Bonchev–Trinajstić information content (AvgIpc) is 3.45. The van der Waals surface area contributed by atoms with Crippen LogP contribution in [0.2, 0.25) is 0 Å². The molecule has 0 unspecified atom stereocenters. The van der Waals surface area contributed by atoms with Crippen LogP contribution in [0.15, 0.2) is 243 Å². The number of rotatable bonds is 22. The molecule has 8 aromatic carbocycles. The van der Waals surface area contributed by atoms with Gasteiger partial charge in [-0.25, -0.2) is 4.79 Å². The molecule has 0 saturated carbocycles. The maximum absolute atomic E-state index is 15.1. The van der Waals surface area contributed by atoms with Gasteiger partial charge in [0.05, 0.1) is 10.00 Å². The van der Waals surface area contributed by atoms with Gasteiger partial charge in [0.15, 0.2) is 6.10 Å². The molecule has 0 aliphatic carbocycles. The number of hydrogen-bond donors (Lipinski definition) is 3. The zero-order valence-electron chi connectivity index (χ0n) is 39.5. The summed E-state index contributed by atoms with van der Waals surface area (Å²) in [5, 5.41) is 8.45. The van der Waals surface area contributed by atoms with Crippen molar-refractivity contribution < 1.29 is 28.7 Å². The van der Waals surface area contributed by atoms with Crippen LogP contribution in [-0.2, 0) is 35.2 Å². The van der Waals surface area contributed by atoms with Crippen molar-refractivity contribution in [3.63, 3.8) is 0 Å². The first-order chi connectivity index (χ1) is 35.4. The number of nitrogens with one attached hydrogen (secondary N) is 3. The predicted molar refractivity (Wildman–Crippen MR) is 288 cm³/mol. The first-order valence-electron chi connectivity index (χ1n) is 23.7. The Kier molecular flexibility index (Phi) is 18.1. The van der Waals surface area contributed by atoms with Crippen molar-refractivity contribution in [2.75, 3.05) is 18.1 Å². The Morgan fingerprint density at radius 2 is 0.833 bits per heavy atom. The van der Waals surface area contributed by atoms with Crippen LogP contribution in [0.1, 0.15) is 55.9 Å². The van der Waals surface area contributed by atoms with Crippen LogP contribution in [0.5, 0.6) is 0 Å². The fraction of sp³-hybridized carbons (Fsp3) is 0.148. The minimum atomic E-state index is -1.21. The Bertz CT molecular complexity index is 2750. The average molecular weight is 990 g/mol. The lowest BCUT2D eigenvalue weighted by Gasteiger charge is -2.36. The Labute approximate surface area is 429 Å². The van der Waals surface area contributed by atoms with Gasteiger partial charge in [-0.3, -0.25) is 14.4 Å². The summed E-state index contributed by atoms with van der Waals surface area (Å²) in [5.74, 6) is -1.74. The van der Waals surface area contributed by atoms with Crippen molar-refractivity contribution in [1.82, 2.24) is 16.0 Å². The van der Waals surface area contributed by atoms with E-state index < -0.39 is 53.4 Å². The third kappa shape index (κ3) is 13.5. The maximum Gasteiger partial charge on any atom is 0.408 e. The number of amides is 3. The number of carbonyl (C=O) groups is 4. The van der Waals surface area contributed by atoms with E-state index in [-0.39, 0.29) is 23.4 Å². The van der Waals surface area contributed by atoms with Crippen molar-refractivity contribution in [3.05, 3.63) is 287 Å². The van der Waals surface area contributed by atoms with Crippen LogP contribution < -0.4 is 16.0 Å². The third-order valence-corrected chi connectivity index (χ3v) is 15.0. The Hall–Kier alpha value is -7.86. The van der Waals surface area contributed by atoms with Crippen LogP contribution in [0.3, 0.4) is 0 Å². The molecule has 0 bridgehead atoms. The molecule has 9 nitrogen and oxygen atoms in total. The molecule has 11 heteroatoms. The number of alkyl carbamates (subject to hydrolysis) is 1. The Morgan fingerprint density at radius 1 is 0.444 bits per heavy atom. The molecule has 362 valence electrons. The number of thioether (sulfide) groups is 2. The highest BCUT2D eigenvalue weighted by Crippen LogP contribution is 2.48. The maximum atomic E-state index is 15.1. The van der Waals surface area contributed by atoms with Crippen LogP contribution in [-0.4, -0.2) is 54.0 Å². The second kappa shape index (κ2) is 25.8. The lowest BCUT2D eigenvalue weighted by Crippen LogP contribution is -2.56. The van der Waals surface area contributed by atoms with E-state index in [2.05, 4.69) is 52.3 Å². The molecule has 0 fully saturated rings. The van der Waals surface area contributed by atoms with Crippen molar-refractivity contribution in [3.8, 4) is 0 Å². The summed E-state index contributed by atoms with van der Waals surface area (Å²) in [6.45, 7) is -0.492. The molecule has 72 heavy (non-hydrogen) atoms. The van der Waals surface area contributed by atoms with E-state index in [0.717, 1.165) is 44.5 Å². The largest absolute Gasteiger partial charge is 0.451 e. The van der Waals surface area contributed by atoms with E-state index in [9.17, 15) is 14.4 Å². The molecule has 3 amide bonds. The van der Waals surface area contributed by atoms with Crippen LogP contribution in [0.4, 0.5) is 4.79 Å². The SMILES string of the molecule is O=C(CNC(=O)[C@H](CSC(c1ccccc1)c1ccccc1)NC(=O)[C@@H](CSC(c1ccccc1)(c1ccccc1)c1ccccc1)NC(=O)OCc1ccccc1)OC(c1ccccc1)c1ccccc1. The molecule has 0 radical (unpaired) electrons. The van der Waals surface area contributed by atoms with Gasteiger partial charge >= 0.3 is 12.1 Å². The number of carbonyl (C=O) groups excluding carboxylic acids is 4. The molecule has 8 rings (SSSR count). The normalized spacial score (nSPS) is 12.0. The predicted octanol–water partition coefficient (Wildman–Crippen LogP) is 11.5. The molecule has 3 N–H and O–H groups in total. The van der Waals surface area contributed by atoms with E-state index in [1.807, 2.05) is 206 Å². The summed E-state index contributed by atoms with van der Waals surface area (Å²) >= 11 is 2.96. The van der Waals surface area contributed by atoms with Gasteiger partial charge in [-0.15, -0.1) is 23.5 Å². The second-order valence-electron chi connectivity index (χ2n) is 16.9. The molecule has 0 aromatic heterocycles. The minimum absolute atomic E-state index is 0.0241. The van der Waals surface area contributed by atoms with Gasteiger partial charge < -0.3 is 25.4 Å². The quantitative estimate of drug-likeness (QED) is 0.0453. The summed E-state index contributed by atoms with van der Waals surface area (Å²) in [4.78, 5) is 57.3. The molecule has 0 saturated heterocycles.